The number of thiazole rings is 1. The Bertz CT molecular complexity index is 768. The van der Waals surface area contributed by atoms with Gasteiger partial charge >= 0.3 is 0 Å². The van der Waals surface area contributed by atoms with Gasteiger partial charge in [-0.15, -0.1) is 11.3 Å². The van der Waals surface area contributed by atoms with E-state index in [1.165, 1.54) is 11.1 Å². The Labute approximate surface area is 140 Å². The SMILES string of the molecule is Cc1cc(OCc2ccccc2)ccc1-c1csc(CCN)n1. The van der Waals surface area contributed by atoms with E-state index in [2.05, 4.69) is 41.6 Å². The van der Waals surface area contributed by atoms with Crippen molar-refractivity contribution in [2.45, 2.75) is 20.0 Å². The number of aryl methyl sites for hydroxylation is 1. The van der Waals surface area contributed by atoms with E-state index >= 15 is 0 Å². The van der Waals surface area contributed by atoms with Crippen molar-refractivity contribution in [2.24, 2.45) is 5.73 Å². The molecular weight excluding hydrogens is 304 g/mol. The van der Waals surface area contributed by atoms with E-state index in [1.54, 1.807) is 11.3 Å². The third-order valence-electron chi connectivity index (χ3n) is 3.63. The summed E-state index contributed by atoms with van der Waals surface area (Å²) in [5, 5.41) is 3.18. The van der Waals surface area contributed by atoms with Crippen molar-refractivity contribution in [3.8, 4) is 17.0 Å². The van der Waals surface area contributed by atoms with Crippen molar-refractivity contribution in [1.82, 2.24) is 4.98 Å². The van der Waals surface area contributed by atoms with Crippen molar-refractivity contribution in [2.75, 3.05) is 6.54 Å². The maximum Gasteiger partial charge on any atom is 0.120 e. The zero-order valence-corrected chi connectivity index (χ0v) is 14.0. The standard InChI is InChI=1S/C19H20N2OS/c1-14-11-16(22-12-15-5-3-2-4-6-15)7-8-17(14)18-13-23-19(21-18)9-10-20/h2-8,11,13H,9-10,12,20H2,1H3. The van der Waals surface area contributed by atoms with Gasteiger partial charge in [0, 0.05) is 17.4 Å². The van der Waals surface area contributed by atoms with Crippen LogP contribution in [0, 0.1) is 6.92 Å². The van der Waals surface area contributed by atoms with Gasteiger partial charge in [-0.3, -0.25) is 0 Å². The highest BCUT2D eigenvalue weighted by Gasteiger charge is 2.08. The molecule has 0 fully saturated rings. The predicted octanol–water partition coefficient (Wildman–Crippen LogP) is 4.20. The number of rotatable bonds is 6. The molecule has 1 heterocycles. The third-order valence-corrected chi connectivity index (χ3v) is 4.54. The molecule has 0 saturated heterocycles. The van der Waals surface area contributed by atoms with Gasteiger partial charge in [-0.1, -0.05) is 30.3 Å². The fourth-order valence-electron chi connectivity index (χ4n) is 2.43. The van der Waals surface area contributed by atoms with E-state index in [1.807, 2.05) is 24.3 Å². The van der Waals surface area contributed by atoms with Gasteiger partial charge in [0.2, 0.25) is 0 Å². The molecule has 2 N–H and O–H groups in total. The molecular formula is C19H20N2OS. The summed E-state index contributed by atoms with van der Waals surface area (Å²) in [6.45, 7) is 3.31. The molecule has 0 amide bonds. The van der Waals surface area contributed by atoms with Crippen molar-refractivity contribution < 1.29 is 4.74 Å². The van der Waals surface area contributed by atoms with Gasteiger partial charge in [0.25, 0.3) is 0 Å². The summed E-state index contributed by atoms with van der Waals surface area (Å²) in [6, 6.07) is 16.3. The highest BCUT2D eigenvalue weighted by atomic mass is 32.1. The van der Waals surface area contributed by atoms with Crippen molar-refractivity contribution in [3.63, 3.8) is 0 Å². The molecule has 3 rings (SSSR count). The van der Waals surface area contributed by atoms with E-state index < -0.39 is 0 Å². The van der Waals surface area contributed by atoms with Crippen molar-refractivity contribution >= 4 is 11.3 Å². The first-order valence-corrected chi connectivity index (χ1v) is 8.56. The number of ether oxygens (including phenoxy) is 1. The molecule has 0 aliphatic heterocycles. The van der Waals surface area contributed by atoms with E-state index in [4.69, 9.17) is 10.5 Å². The lowest BCUT2D eigenvalue weighted by atomic mass is 10.1. The molecule has 4 heteroatoms. The van der Waals surface area contributed by atoms with Crippen LogP contribution in [0.3, 0.4) is 0 Å². The van der Waals surface area contributed by atoms with Crippen LogP contribution >= 0.6 is 11.3 Å². The maximum atomic E-state index is 5.87. The number of aromatic nitrogens is 1. The molecule has 0 radical (unpaired) electrons. The normalized spacial score (nSPS) is 10.7. The van der Waals surface area contributed by atoms with Crippen LogP contribution in [0.25, 0.3) is 11.3 Å². The summed E-state index contributed by atoms with van der Waals surface area (Å²) >= 11 is 1.67. The Kier molecular flexibility index (Phi) is 5.05. The third kappa shape index (κ3) is 3.97. The van der Waals surface area contributed by atoms with Crippen LogP contribution in [0.4, 0.5) is 0 Å². The van der Waals surface area contributed by atoms with Crippen LogP contribution < -0.4 is 10.5 Å². The minimum absolute atomic E-state index is 0.580. The number of hydrogen-bond donors (Lipinski definition) is 1. The molecule has 1 aromatic heterocycles. The topological polar surface area (TPSA) is 48.1 Å². The molecule has 0 aliphatic carbocycles. The van der Waals surface area contributed by atoms with Gasteiger partial charge in [-0.25, -0.2) is 4.98 Å². The Morgan fingerprint density at radius 3 is 2.70 bits per heavy atom. The largest absolute Gasteiger partial charge is 0.489 e. The zero-order valence-electron chi connectivity index (χ0n) is 13.2. The van der Waals surface area contributed by atoms with E-state index in [0.29, 0.717) is 13.2 Å². The number of nitrogens with zero attached hydrogens (tertiary/aromatic N) is 1. The van der Waals surface area contributed by atoms with Crippen LogP contribution in [-0.2, 0) is 13.0 Å². The summed E-state index contributed by atoms with van der Waals surface area (Å²) in [6.07, 6.45) is 0.835. The van der Waals surface area contributed by atoms with Gasteiger partial charge in [-0.2, -0.15) is 0 Å². The number of benzene rings is 2. The predicted molar refractivity (Wildman–Crippen MR) is 95.8 cm³/mol. The Morgan fingerprint density at radius 2 is 1.96 bits per heavy atom. The highest BCUT2D eigenvalue weighted by molar-refractivity contribution is 7.09. The molecule has 2 aromatic carbocycles. The van der Waals surface area contributed by atoms with Gasteiger partial charge in [0.05, 0.1) is 10.7 Å². The van der Waals surface area contributed by atoms with E-state index in [0.717, 1.165) is 28.4 Å². The quantitative estimate of drug-likeness (QED) is 0.739. The first-order valence-electron chi connectivity index (χ1n) is 7.68. The second-order valence-corrected chi connectivity index (χ2v) is 6.36. The fraction of sp³-hybridized carbons (Fsp3) is 0.211. The Morgan fingerprint density at radius 1 is 1.13 bits per heavy atom. The molecule has 3 nitrogen and oxygen atoms in total. The fourth-order valence-corrected chi connectivity index (χ4v) is 3.24. The van der Waals surface area contributed by atoms with Crippen LogP contribution in [-0.4, -0.2) is 11.5 Å². The Hall–Kier alpha value is -2.17. The lowest BCUT2D eigenvalue weighted by molar-refractivity contribution is 0.306. The molecule has 23 heavy (non-hydrogen) atoms. The molecule has 0 atom stereocenters. The summed E-state index contributed by atoms with van der Waals surface area (Å²) in [5.74, 6) is 0.882. The van der Waals surface area contributed by atoms with Gasteiger partial charge in [-0.05, 0) is 42.8 Å². The smallest absolute Gasteiger partial charge is 0.120 e. The number of nitrogens with two attached hydrogens (primary N) is 1. The van der Waals surface area contributed by atoms with Gasteiger partial charge in [0.1, 0.15) is 12.4 Å². The molecule has 3 aromatic rings. The van der Waals surface area contributed by atoms with Gasteiger partial charge < -0.3 is 10.5 Å². The summed E-state index contributed by atoms with van der Waals surface area (Å²) in [5.41, 5.74) is 10.1. The van der Waals surface area contributed by atoms with Crippen LogP contribution in [0.1, 0.15) is 16.1 Å². The van der Waals surface area contributed by atoms with Crippen LogP contribution in [0.5, 0.6) is 5.75 Å². The maximum absolute atomic E-state index is 5.87. The lowest BCUT2D eigenvalue weighted by Crippen LogP contribution is -2.02. The molecule has 0 spiro atoms. The first kappa shape index (κ1) is 15.7. The van der Waals surface area contributed by atoms with Crippen LogP contribution in [0.15, 0.2) is 53.9 Å². The summed E-state index contributed by atoms with van der Waals surface area (Å²) < 4.78 is 5.87. The monoisotopic (exact) mass is 324 g/mol. The molecule has 0 unspecified atom stereocenters. The summed E-state index contributed by atoms with van der Waals surface area (Å²) in [7, 11) is 0. The summed E-state index contributed by atoms with van der Waals surface area (Å²) in [4.78, 5) is 4.65. The lowest BCUT2D eigenvalue weighted by Gasteiger charge is -2.09. The average molecular weight is 324 g/mol. The van der Waals surface area contributed by atoms with Crippen molar-refractivity contribution in [3.05, 3.63) is 70.0 Å². The van der Waals surface area contributed by atoms with E-state index in [-0.39, 0.29) is 0 Å². The Balaban J connectivity index is 1.72. The van der Waals surface area contributed by atoms with Crippen molar-refractivity contribution in [1.29, 1.82) is 0 Å². The second kappa shape index (κ2) is 7.40. The molecule has 0 aliphatic rings. The van der Waals surface area contributed by atoms with E-state index in [9.17, 15) is 0 Å². The number of hydrogen-bond acceptors (Lipinski definition) is 4. The highest BCUT2D eigenvalue weighted by Crippen LogP contribution is 2.28. The second-order valence-electron chi connectivity index (χ2n) is 5.42. The van der Waals surface area contributed by atoms with Crippen LogP contribution in [0.2, 0.25) is 0 Å². The zero-order chi connectivity index (χ0) is 16.1. The first-order chi connectivity index (χ1) is 11.3. The average Bonchev–Trinajstić information content (AvgIpc) is 3.03. The minimum atomic E-state index is 0.580. The molecule has 0 bridgehead atoms. The molecule has 0 saturated carbocycles. The minimum Gasteiger partial charge on any atom is -0.489 e. The molecule has 118 valence electrons. The van der Waals surface area contributed by atoms with Gasteiger partial charge in [0.15, 0.2) is 0 Å².